The van der Waals surface area contributed by atoms with Gasteiger partial charge in [0.05, 0.1) is 5.69 Å². The molecule has 1 aliphatic rings. The zero-order valence-electron chi connectivity index (χ0n) is 10.7. The molecule has 0 saturated heterocycles. The van der Waals surface area contributed by atoms with Crippen LogP contribution in [0.15, 0.2) is 24.3 Å². The SMILES string of the molecule is CC(C)C1CCC(Nc2ccccc2F)CC1. The Morgan fingerprint density at radius 3 is 2.35 bits per heavy atom. The van der Waals surface area contributed by atoms with E-state index in [0.29, 0.717) is 11.7 Å². The van der Waals surface area contributed by atoms with Crippen molar-refractivity contribution in [2.24, 2.45) is 11.8 Å². The molecule has 1 saturated carbocycles. The third-order valence-electron chi connectivity index (χ3n) is 3.95. The van der Waals surface area contributed by atoms with Crippen LogP contribution in [-0.2, 0) is 0 Å². The molecule has 1 aliphatic carbocycles. The van der Waals surface area contributed by atoms with Crippen LogP contribution in [0.25, 0.3) is 0 Å². The average molecular weight is 235 g/mol. The fourth-order valence-electron chi connectivity index (χ4n) is 2.73. The summed E-state index contributed by atoms with van der Waals surface area (Å²) < 4.78 is 13.5. The van der Waals surface area contributed by atoms with Crippen LogP contribution < -0.4 is 5.32 Å². The first-order valence-corrected chi connectivity index (χ1v) is 6.68. The molecule has 94 valence electrons. The second kappa shape index (κ2) is 5.52. The third-order valence-corrected chi connectivity index (χ3v) is 3.95. The normalized spacial score (nSPS) is 24.9. The second-order valence-corrected chi connectivity index (χ2v) is 5.48. The van der Waals surface area contributed by atoms with Gasteiger partial charge in [-0.15, -0.1) is 0 Å². The Morgan fingerprint density at radius 2 is 1.76 bits per heavy atom. The lowest BCUT2D eigenvalue weighted by molar-refractivity contribution is 0.266. The average Bonchev–Trinajstić information content (AvgIpc) is 2.33. The zero-order valence-corrected chi connectivity index (χ0v) is 10.7. The maximum absolute atomic E-state index is 13.5. The molecule has 1 nitrogen and oxygen atoms in total. The van der Waals surface area contributed by atoms with Gasteiger partial charge in [0.15, 0.2) is 0 Å². The van der Waals surface area contributed by atoms with E-state index in [9.17, 15) is 4.39 Å². The van der Waals surface area contributed by atoms with Crippen LogP contribution >= 0.6 is 0 Å². The van der Waals surface area contributed by atoms with E-state index in [1.807, 2.05) is 12.1 Å². The summed E-state index contributed by atoms with van der Waals surface area (Å²) in [5.74, 6) is 1.50. The van der Waals surface area contributed by atoms with Gasteiger partial charge in [-0.25, -0.2) is 4.39 Å². The lowest BCUT2D eigenvalue weighted by Crippen LogP contribution is -2.28. The Kier molecular flexibility index (Phi) is 4.03. The van der Waals surface area contributed by atoms with Gasteiger partial charge in [-0.1, -0.05) is 26.0 Å². The predicted octanol–water partition coefficient (Wildman–Crippen LogP) is 4.45. The minimum absolute atomic E-state index is 0.140. The predicted molar refractivity (Wildman–Crippen MR) is 70.6 cm³/mol. The minimum atomic E-state index is -0.140. The highest BCUT2D eigenvalue weighted by Gasteiger charge is 2.23. The molecule has 2 rings (SSSR count). The van der Waals surface area contributed by atoms with Gasteiger partial charge in [-0.2, -0.15) is 0 Å². The first kappa shape index (κ1) is 12.4. The second-order valence-electron chi connectivity index (χ2n) is 5.48. The lowest BCUT2D eigenvalue weighted by Gasteiger charge is -2.31. The van der Waals surface area contributed by atoms with Crippen molar-refractivity contribution in [3.63, 3.8) is 0 Å². The fraction of sp³-hybridized carbons (Fsp3) is 0.600. The largest absolute Gasteiger partial charge is 0.380 e. The number of rotatable bonds is 3. The molecule has 0 aromatic heterocycles. The molecular formula is C15H22FN. The van der Waals surface area contributed by atoms with Gasteiger partial charge < -0.3 is 5.32 Å². The van der Waals surface area contributed by atoms with E-state index in [4.69, 9.17) is 0 Å². The van der Waals surface area contributed by atoms with Crippen molar-refractivity contribution < 1.29 is 4.39 Å². The van der Waals surface area contributed by atoms with E-state index < -0.39 is 0 Å². The van der Waals surface area contributed by atoms with Crippen molar-refractivity contribution in [1.29, 1.82) is 0 Å². The highest BCUT2D eigenvalue weighted by molar-refractivity contribution is 5.45. The van der Waals surface area contributed by atoms with Gasteiger partial charge in [0.25, 0.3) is 0 Å². The first-order chi connectivity index (χ1) is 8.16. The summed E-state index contributed by atoms with van der Waals surface area (Å²) in [7, 11) is 0. The minimum Gasteiger partial charge on any atom is -0.380 e. The molecule has 1 fully saturated rings. The smallest absolute Gasteiger partial charge is 0.146 e. The van der Waals surface area contributed by atoms with Gasteiger partial charge in [0.1, 0.15) is 5.82 Å². The number of halogens is 1. The number of benzene rings is 1. The van der Waals surface area contributed by atoms with Gasteiger partial charge in [-0.05, 0) is 49.7 Å². The van der Waals surface area contributed by atoms with Crippen LogP contribution in [0.1, 0.15) is 39.5 Å². The quantitative estimate of drug-likeness (QED) is 0.816. The molecule has 0 unspecified atom stereocenters. The first-order valence-electron chi connectivity index (χ1n) is 6.68. The van der Waals surface area contributed by atoms with E-state index >= 15 is 0 Å². The number of para-hydroxylation sites is 1. The highest BCUT2D eigenvalue weighted by atomic mass is 19.1. The fourth-order valence-corrected chi connectivity index (χ4v) is 2.73. The molecule has 0 bridgehead atoms. The van der Waals surface area contributed by atoms with E-state index in [2.05, 4.69) is 19.2 Å². The van der Waals surface area contributed by atoms with Crippen LogP contribution in [0.2, 0.25) is 0 Å². The highest BCUT2D eigenvalue weighted by Crippen LogP contribution is 2.31. The summed E-state index contributed by atoms with van der Waals surface area (Å²) in [5.41, 5.74) is 0.653. The number of anilines is 1. The van der Waals surface area contributed by atoms with Crippen molar-refractivity contribution in [2.75, 3.05) is 5.32 Å². The molecule has 0 amide bonds. The molecule has 17 heavy (non-hydrogen) atoms. The molecule has 1 N–H and O–H groups in total. The summed E-state index contributed by atoms with van der Waals surface area (Å²) in [6.45, 7) is 4.60. The Bertz CT molecular complexity index is 354. The zero-order chi connectivity index (χ0) is 12.3. The summed E-state index contributed by atoms with van der Waals surface area (Å²) >= 11 is 0. The Labute approximate surface area is 103 Å². The summed E-state index contributed by atoms with van der Waals surface area (Å²) in [6, 6.07) is 7.40. The van der Waals surface area contributed by atoms with Crippen LogP contribution in [0.3, 0.4) is 0 Å². The maximum Gasteiger partial charge on any atom is 0.146 e. The monoisotopic (exact) mass is 235 g/mol. The molecule has 0 radical (unpaired) electrons. The standard InChI is InChI=1S/C15H22FN/c1-11(2)12-7-9-13(10-8-12)17-15-6-4-3-5-14(15)16/h3-6,11-13,17H,7-10H2,1-2H3. The molecular weight excluding hydrogens is 213 g/mol. The van der Waals surface area contributed by atoms with Gasteiger partial charge in [0, 0.05) is 6.04 Å². The molecule has 1 aromatic rings. The number of hydrogen-bond donors (Lipinski definition) is 1. The molecule has 0 atom stereocenters. The van der Waals surface area contributed by atoms with E-state index in [1.54, 1.807) is 6.07 Å². The Hall–Kier alpha value is -1.05. The van der Waals surface area contributed by atoms with Crippen LogP contribution in [0.5, 0.6) is 0 Å². The van der Waals surface area contributed by atoms with E-state index in [0.717, 1.165) is 24.7 Å². The lowest BCUT2D eigenvalue weighted by atomic mass is 9.79. The molecule has 0 aliphatic heterocycles. The van der Waals surface area contributed by atoms with Crippen LogP contribution in [0, 0.1) is 17.7 Å². The molecule has 0 heterocycles. The van der Waals surface area contributed by atoms with Crippen molar-refractivity contribution in [3.05, 3.63) is 30.1 Å². The van der Waals surface area contributed by atoms with Gasteiger partial charge in [0.2, 0.25) is 0 Å². The van der Waals surface area contributed by atoms with Crippen molar-refractivity contribution >= 4 is 5.69 Å². The van der Waals surface area contributed by atoms with Crippen LogP contribution in [0.4, 0.5) is 10.1 Å². The maximum atomic E-state index is 13.5. The molecule has 2 heteroatoms. The molecule has 1 aromatic carbocycles. The summed E-state index contributed by atoms with van der Waals surface area (Å²) in [4.78, 5) is 0. The van der Waals surface area contributed by atoms with Crippen LogP contribution in [-0.4, -0.2) is 6.04 Å². The number of hydrogen-bond acceptors (Lipinski definition) is 1. The van der Waals surface area contributed by atoms with E-state index in [-0.39, 0.29) is 5.82 Å². The topological polar surface area (TPSA) is 12.0 Å². The van der Waals surface area contributed by atoms with Crippen molar-refractivity contribution in [2.45, 2.75) is 45.6 Å². The third kappa shape index (κ3) is 3.21. The Morgan fingerprint density at radius 1 is 1.12 bits per heavy atom. The number of nitrogens with one attached hydrogen (secondary N) is 1. The molecule has 0 spiro atoms. The van der Waals surface area contributed by atoms with Gasteiger partial charge in [-0.3, -0.25) is 0 Å². The summed E-state index contributed by atoms with van der Waals surface area (Å²) in [6.07, 6.45) is 4.86. The van der Waals surface area contributed by atoms with Crippen molar-refractivity contribution in [1.82, 2.24) is 0 Å². The van der Waals surface area contributed by atoms with Gasteiger partial charge >= 0.3 is 0 Å². The van der Waals surface area contributed by atoms with Crippen molar-refractivity contribution in [3.8, 4) is 0 Å². The Balaban J connectivity index is 1.88. The van der Waals surface area contributed by atoms with E-state index in [1.165, 1.54) is 18.9 Å². The summed E-state index contributed by atoms with van der Waals surface area (Å²) in [5, 5.41) is 3.33.